The summed E-state index contributed by atoms with van der Waals surface area (Å²) < 4.78 is 15.6. The Morgan fingerprint density at radius 1 is 0.972 bits per heavy atom. The highest BCUT2D eigenvalue weighted by Crippen LogP contribution is 2.29. The quantitative estimate of drug-likeness (QED) is 0.335. The van der Waals surface area contributed by atoms with Crippen molar-refractivity contribution in [2.24, 2.45) is 7.05 Å². The summed E-state index contributed by atoms with van der Waals surface area (Å²) in [6.45, 7) is 4.20. The fraction of sp³-hybridized carbons (Fsp3) is 0.259. The van der Waals surface area contributed by atoms with E-state index in [2.05, 4.69) is 4.98 Å². The number of imidazole rings is 1. The number of hydrogen-bond donors (Lipinski definition) is 0. The number of carbonyl (C=O) groups is 1. The van der Waals surface area contributed by atoms with Crippen LogP contribution in [0.4, 0.5) is 0 Å². The number of fused-ring (bicyclic) bond motifs is 1. The molecule has 0 spiro atoms. The number of hydrogen-bond acceptors (Lipinski definition) is 6. The van der Waals surface area contributed by atoms with Crippen LogP contribution in [0.5, 0.6) is 11.5 Å². The van der Waals surface area contributed by atoms with Gasteiger partial charge in [0.15, 0.2) is 35.1 Å². The van der Waals surface area contributed by atoms with Crippen molar-refractivity contribution < 1.29 is 14.3 Å². The van der Waals surface area contributed by atoms with Crippen LogP contribution in [0, 0.1) is 0 Å². The Labute approximate surface area is 207 Å². The van der Waals surface area contributed by atoms with E-state index >= 15 is 0 Å². The summed E-state index contributed by atoms with van der Waals surface area (Å²) in [4.78, 5) is 42.5. The van der Waals surface area contributed by atoms with Gasteiger partial charge in [0.1, 0.15) is 5.82 Å². The molecule has 2 aromatic heterocycles. The van der Waals surface area contributed by atoms with Crippen LogP contribution >= 0.6 is 0 Å². The highest BCUT2D eigenvalue weighted by Gasteiger charge is 2.18. The van der Waals surface area contributed by atoms with Gasteiger partial charge < -0.3 is 14.0 Å². The predicted octanol–water partition coefficient (Wildman–Crippen LogP) is 3.38. The highest BCUT2D eigenvalue weighted by atomic mass is 16.5. The molecular weight excluding hydrogens is 460 g/mol. The van der Waals surface area contributed by atoms with Gasteiger partial charge in [-0.15, -0.1) is 0 Å². The average molecular weight is 489 g/mol. The molecule has 0 N–H and O–H groups in total. The summed E-state index contributed by atoms with van der Waals surface area (Å²) in [5, 5.41) is 0. The summed E-state index contributed by atoms with van der Waals surface area (Å²) >= 11 is 0. The first-order valence-electron chi connectivity index (χ1n) is 11.7. The van der Waals surface area contributed by atoms with Crippen LogP contribution in [0.25, 0.3) is 23.3 Å². The largest absolute Gasteiger partial charge is 0.493 e. The number of carbonyl (C=O) groups excluding carboxylic acids is 1. The van der Waals surface area contributed by atoms with Gasteiger partial charge in [-0.05, 0) is 37.6 Å². The molecule has 0 aliphatic heterocycles. The molecule has 186 valence electrons. The van der Waals surface area contributed by atoms with Crippen molar-refractivity contribution in [2.45, 2.75) is 26.9 Å². The van der Waals surface area contributed by atoms with Crippen LogP contribution in [0.15, 0.2) is 58.1 Å². The van der Waals surface area contributed by atoms with Crippen LogP contribution in [0.1, 0.15) is 35.6 Å². The molecule has 4 rings (SSSR count). The number of methoxy groups -OCH3 is 1. The number of rotatable bonds is 9. The third kappa shape index (κ3) is 4.59. The van der Waals surface area contributed by atoms with Gasteiger partial charge in [-0.25, -0.2) is 9.78 Å². The van der Waals surface area contributed by atoms with Crippen molar-refractivity contribution in [3.8, 4) is 11.5 Å². The fourth-order valence-electron chi connectivity index (χ4n) is 4.02. The van der Waals surface area contributed by atoms with Gasteiger partial charge in [0.25, 0.3) is 5.56 Å². The first kappa shape index (κ1) is 24.7. The van der Waals surface area contributed by atoms with Gasteiger partial charge in [-0.3, -0.25) is 18.7 Å². The maximum absolute atomic E-state index is 12.9. The summed E-state index contributed by atoms with van der Waals surface area (Å²) in [5.41, 5.74) is 1.41. The van der Waals surface area contributed by atoms with Crippen molar-refractivity contribution in [2.75, 3.05) is 13.7 Å². The number of ether oxygens (including phenoxy) is 2. The zero-order valence-corrected chi connectivity index (χ0v) is 20.7. The van der Waals surface area contributed by atoms with E-state index in [0.717, 1.165) is 5.56 Å². The Bertz CT molecular complexity index is 1560. The second-order valence-corrected chi connectivity index (χ2v) is 8.10. The average Bonchev–Trinajstić information content (AvgIpc) is 3.23. The molecule has 9 nitrogen and oxygen atoms in total. The maximum Gasteiger partial charge on any atom is 0.332 e. The minimum absolute atomic E-state index is 0.107. The number of ketones is 1. The minimum atomic E-state index is -0.364. The SMILES string of the molecule is CCn1c(=O)c2c(nc(/C=C/c3ccc(OCC(=O)c4ccccc4)c(OC)c3)n2C)n(CC)c1=O. The van der Waals surface area contributed by atoms with Crippen LogP contribution < -0.4 is 20.7 Å². The lowest BCUT2D eigenvalue weighted by atomic mass is 10.1. The summed E-state index contributed by atoms with van der Waals surface area (Å²) in [5.74, 6) is 1.34. The highest BCUT2D eigenvalue weighted by molar-refractivity contribution is 5.97. The molecule has 0 amide bonds. The monoisotopic (exact) mass is 488 g/mol. The maximum atomic E-state index is 12.9. The van der Waals surface area contributed by atoms with Crippen LogP contribution in [0.2, 0.25) is 0 Å². The van der Waals surface area contributed by atoms with E-state index in [1.807, 2.05) is 25.1 Å². The fourth-order valence-corrected chi connectivity index (χ4v) is 4.02. The van der Waals surface area contributed by atoms with E-state index in [9.17, 15) is 14.4 Å². The normalized spacial score (nSPS) is 11.3. The molecule has 0 fully saturated rings. The third-order valence-electron chi connectivity index (χ3n) is 5.98. The summed E-state index contributed by atoms with van der Waals surface area (Å²) in [7, 11) is 3.28. The molecule has 0 saturated carbocycles. The third-order valence-corrected chi connectivity index (χ3v) is 5.98. The molecule has 0 aliphatic rings. The lowest BCUT2D eigenvalue weighted by molar-refractivity contribution is 0.0919. The molecule has 9 heteroatoms. The van der Waals surface area contributed by atoms with E-state index in [0.29, 0.717) is 40.6 Å². The van der Waals surface area contributed by atoms with Crippen LogP contribution in [-0.2, 0) is 20.1 Å². The first-order chi connectivity index (χ1) is 17.4. The molecular formula is C27H28N4O5. The zero-order chi connectivity index (χ0) is 25.8. The molecule has 36 heavy (non-hydrogen) atoms. The summed E-state index contributed by atoms with van der Waals surface area (Å²) in [6, 6.07) is 14.3. The molecule has 0 unspecified atom stereocenters. The van der Waals surface area contributed by atoms with Gasteiger partial charge >= 0.3 is 5.69 Å². The van der Waals surface area contributed by atoms with E-state index in [1.165, 1.54) is 16.2 Å². The van der Waals surface area contributed by atoms with Crippen molar-refractivity contribution in [1.29, 1.82) is 0 Å². The summed E-state index contributed by atoms with van der Waals surface area (Å²) in [6.07, 6.45) is 3.60. The number of aryl methyl sites for hydroxylation is 2. The molecule has 0 saturated heterocycles. The second kappa shape index (κ2) is 10.5. The number of benzene rings is 2. The van der Waals surface area contributed by atoms with Gasteiger partial charge in [-0.1, -0.05) is 42.5 Å². The van der Waals surface area contributed by atoms with E-state index in [-0.39, 0.29) is 30.2 Å². The molecule has 0 bridgehead atoms. The first-order valence-corrected chi connectivity index (χ1v) is 11.7. The second-order valence-electron chi connectivity index (χ2n) is 8.10. The van der Waals surface area contributed by atoms with Crippen molar-refractivity contribution >= 4 is 29.1 Å². The lowest BCUT2D eigenvalue weighted by Crippen LogP contribution is -2.39. The zero-order valence-electron chi connectivity index (χ0n) is 20.7. The number of Topliss-reactive ketones (excluding diaryl/α,β-unsaturated/α-hetero) is 1. The molecule has 2 aromatic carbocycles. The smallest absolute Gasteiger partial charge is 0.332 e. The van der Waals surface area contributed by atoms with Gasteiger partial charge in [0.2, 0.25) is 0 Å². The van der Waals surface area contributed by atoms with Crippen LogP contribution in [-0.4, -0.2) is 38.2 Å². The molecule has 0 atom stereocenters. The molecule has 0 radical (unpaired) electrons. The van der Waals surface area contributed by atoms with E-state index in [1.54, 1.807) is 61.0 Å². The Kier molecular flexibility index (Phi) is 7.19. The Morgan fingerprint density at radius 2 is 1.69 bits per heavy atom. The molecule has 2 heterocycles. The lowest BCUT2D eigenvalue weighted by Gasteiger charge is -2.11. The van der Waals surface area contributed by atoms with Crippen molar-refractivity contribution in [3.63, 3.8) is 0 Å². The number of nitrogens with zero attached hydrogens (tertiary/aromatic N) is 4. The Morgan fingerprint density at radius 3 is 2.36 bits per heavy atom. The molecule has 0 aliphatic carbocycles. The Hall–Kier alpha value is -4.40. The van der Waals surface area contributed by atoms with Gasteiger partial charge in [0, 0.05) is 25.7 Å². The van der Waals surface area contributed by atoms with Gasteiger partial charge in [-0.2, -0.15) is 0 Å². The van der Waals surface area contributed by atoms with E-state index < -0.39 is 0 Å². The number of aromatic nitrogens is 4. The van der Waals surface area contributed by atoms with Crippen molar-refractivity contribution in [3.05, 3.63) is 86.3 Å². The topological polar surface area (TPSA) is 97.3 Å². The Balaban J connectivity index is 1.61. The molecule has 4 aromatic rings. The van der Waals surface area contributed by atoms with Gasteiger partial charge in [0.05, 0.1) is 7.11 Å². The van der Waals surface area contributed by atoms with Crippen LogP contribution in [0.3, 0.4) is 0 Å². The predicted molar refractivity (Wildman–Crippen MR) is 139 cm³/mol. The standard InChI is InChI=1S/C27H28N4O5/c1-5-30-25-24(26(33)31(6-2)27(30)34)29(3)23(28-25)15-13-18-12-14-21(22(16-18)35-4)36-17-20(32)19-10-8-7-9-11-19/h7-16H,5-6,17H2,1-4H3/b15-13+. The minimum Gasteiger partial charge on any atom is -0.493 e. The van der Waals surface area contributed by atoms with E-state index in [4.69, 9.17) is 9.47 Å². The van der Waals surface area contributed by atoms with Crippen molar-refractivity contribution in [1.82, 2.24) is 18.7 Å².